The van der Waals surface area contributed by atoms with Gasteiger partial charge in [0.1, 0.15) is 0 Å². The number of unbranched alkanes of at least 4 members (excludes halogenated alkanes) is 30. The van der Waals surface area contributed by atoms with E-state index < -0.39 is 12.1 Å². The Bertz CT molecular complexity index is 1070. The first-order valence-electron chi connectivity index (χ1n) is 27.1. The van der Waals surface area contributed by atoms with E-state index in [4.69, 9.17) is 0 Å². The summed E-state index contributed by atoms with van der Waals surface area (Å²) < 4.78 is 0. The first-order valence-corrected chi connectivity index (χ1v) is 27.1. The van der Waals surface area contributed by atoms with E-state index in [1.54, 1.807) is 0 Å². The minimum absolute atomic E-state index is 0.0337. The predicted molar refractivity (Wildman–Crippen MR) is 276 cm³/mol. The summed E-state index contributed by atoms with van der Waals surface area (Å²) in [6.07, 6.45) is 75.8. The van der Waals surface area contributed by atoms with Gasteiger partial charge in [-0.1, -0.05) is 273 Å². The molecule has 0 heterocycles. The first kappa shape index (κ1) is 59.8. The van der Waals surface area contributed by atoms with E-state index in [9.17, 15) is 15.0 Å². The molecule has 4 heteroatoms. The Balaban J connectivity index is 3.51. The van der Waals surface area contributed by atoms with Crippen LogP contribution in [0.5, 0.6) is 0 Å². The Morgan fingerprint density at radius 1 is 0.403 bits per heavy atom. The van der Waals surface area contributed by atoms with Crippen LogP contribution in [0.2, 0.25) is 0 Å². The standard InChI is InChI=1S/C58H105NO3/c1-3-5-7-9-11-13-15-17-19-21-23-24-25-26-27-28-29-30-31-32-33-34-36-38-40-42-44-46-48-50-52-54-58(62)59-56(55-60)57(61)53-51-49-47-45-43-41-39-37-35-22-20-18-16-14-12-10-8-6-4-2/h5,7,11,13,17,19,23-24,26-27,29-30,56-57,60-61H,3-4,6,8-10,12,14-16,18,20-22,25,28,31-55H2,1-2H3,(H,59,62)/b7-5-,13-11-,19-17-,24-23-,27-26-,30-29-. The summed E-state index contributed by atoms with van der Waals surface area (Å²) >= 11 is 0. The Hall–Kier alpha value is -2.17. The van der Waals surface area contributed by atoms with Gasteiger partial charge in [0.15, 0.2) is 0 Å². The van der Waals surface area contributed by atoms with Crippen molar-refractivity contribution in [3.63, 3.8) is 0 Å². The van der Waals surface area contributed by atoms with E-state index in [0.29, 0.717) is 12.8 Å². The normalized spacial score (nSPS) is 13.4. The highest BCUT2D eigenvalue weighted by Gasteiger charge is 2.20. The second kappa shape index (κ2) is 53.2. The van der Waals surface area contributed by atoms with Crippen molar-refractivity contribution >= 4 is 5.91 Å². The molecule has 3 N–H and O–H groups in total. The second-order valence-electron chi connectivity index (χ2n) is 18.3. The molecule has 0 bridgehead atoms. The van der Waals surface area contributed by atoms with Crippen LogP contribution in [0.25, 0.3) is 0 Å². The summed E-state index contributed by atoms with van der Waals surface area (Å²) in [6, 6.07) is -0.541. The fourth-order valence-electron chi connectivity index (χ4n) is 8.13. The molecule has 2 atom stereocenters. The molecule has 0 radical (unpaired) electrons. The molecule has 0 fully saturated rings. The maximum absolute atomic E-state index is 12.5. The van der Waals surface area contributed by atoms with E-state index >= 15 is 0 Å². The molecule has 0 spiro atoms. The molecule has 0 rings (SSSR count). The van der Waals surface area contributed by atoms with Crippen LogP contribution in [-0.2, 0) is 4.79 Å². The number of rotatable bonds is 49. The molecule has 0 aromatic heterocycles. The van der Waals surface area contributed by atoms with Gasteiger partial charge in [-0.2, -0.15) is 0 Å². The van der Waals surface area contributed by atoms with Gasteiger partial charge in [0.05, 0.1) is 18.8 Å². The van der Waals surface area contributed by atoms with Gasteiger partial charge in [0.25, 0.3) is 0 Å². The van der Waals surface area contributed by atoms with Crippen molar-refractivity contribution in [1.82, 2.24) is 5.32 Å². The zero-order chi connectivity index (χ0) is 44.9. The lowest BCUT2D eigenvalue weighted by Crippen LogP contribution is -2.45. The van der Waals surface area contributed by atoms with Crippen molar-refractivity contribution in [3.8, 4) is 0 Å². The van der Waals surface area contributed by atoms with Gasteiger partial charge in [0.2, 0.25) is 5.91 Å². The largest absolute Gasteiger partial charge is 0.394 e. The zero-order valence-corrected chi connectivity index (χ0v) is 41.4. The van der Waals surface area contributed by atoms with Gasteiger partial charge in [-0.15, -0.1) is 0 Å². The number of nitrogens with one attached hydrogen (secondary N) is 1. The van der Waals surface area contributed by atoms with Gasteiger partial charge in [0, 0.05) is 6.42 Å². The van der Waals surface area contributed by atoms with Crippen LogP contribution >= 0.6 is 0 Å². The number of carbonyl (C=O) groups is 1. The molecule has 0 aliphatic heterocycles. The van der Waals surface area contributed by atoms with Gasteiger partial charge in [-0.05, 0) is 64.2 Å². The van der Waals surface area contributed by atoms with Crippen LogP contribution < -0.4 is 5.32 Å². The van der Waals surface area contributed by atoms with Crippen molar-refractivity contribution in [3.05, 3.63) is 72.9 Å². The van der Waals surface area contributed by atoms with E-state index in [0.717, 1.165) is 64.2 Å². The number of allylic oxidation sites excluding steroid dienone is 12. The maximum atomic E-state index is 12.5. The Morgan fingerprint density at radius 3 is 1.06 bits per heavy atom. The van der Waals surface area contributed by atoms with Crippen molar-refractivity contribution in [1.29, 1.82) is 0 Å². The monoisotopic (exact) mass is 864 g/mol. The van der Waals surface area contributed by atoms with Crippen LogP contribution in [0.4, 0.5) is 0 Å². The summed E-state index contributed by atoms with van der Waals surface area (Å²) in [4.78, 5) is 12.5. The summed E-state index contributed by atoms with van der Waals surface area (Å²) in [6.45, 7) is 4.26. The first-order chi connectivity index (χ1) is 30.7. The average Bonchev–Trinajstić information content (AvgIpc) is 3.28. The number of hydrogen-bond donors (Lipinski definition) is 3. The molecule has 0 saturated heterocycles. The predicted octanol–water partition coefficient (Wildman–Crippen LogP) is 17.8. The minimum Gasteiger partial charge on any atom is -0.394 e. The van der Waals surface area contributed by atoms with Crippen LogP contribution in [0.3, 0.4) is 0 Å². The number of aliphatic hydroxyl groups excluding tert-OH is 2. The highest BCUT2D eigenvalue weighted by Crippen LogP contribution is 2.17. The van der Waals surface area contributed by atoms with E-state index in [-0.39, 0.29) is 12.5 Å². The molecule has 360 valence electrons. The van der Waals surface area contributed by atoms with Gasteiger partial charge >= 0.3 is 0 Å². The Kier molecular flexibility index (Phi) is 51.3. The van der Waals surface area contributed by atoms with Gasteiger partial charge in [-0.25, -0.2) is 0 Å². The Labute approximate surface area is 387 Å². The smallest absolute Gasteiger partial charge is 0.220 e. The second-order valence-corrected chi connectivity index (χ2v) is 18.3. The topological polar surface area (TPSA) is 69.6 Å². The lowest BCUT2D eigenvalue weighted by atomic mass is 10.0. The maximum Gasteiger partial charge on any atom is 0.220 e. The zero-order valence-electron chi connectivity index (χ0n) is 41.4. The molecule has 62 heavy (non-hydrogen) atoms. The van der Waals surface area contributed by atoms with Gasteiger partial charge < -0.3 is 15.5 Å². The molecule has 2 unspecified atom stereocenters. The molecule has 4 nitrogen and oxygen atoms in total. The van der Waals surface area contributed by atoms with Crippen LogP contribution in [-0.4, -0.2) is 34.9 Å². The van der Waals surface area contributed by atoms with Crippen molar-refractivity contribution < 1.29 is 15.0 Å². The van der Waals surface area contributed by atoms with Crippen molar-refractivity contribution in [2.24, 2.45) is 0 Å². The molecule has 0 aromatic rings. The highest BCUT2D eigenvalue weighted by atomic mass is 16.3. The fraction of sp³-hybridized carbons (Fsp3) is 0.776. The third kappa shape index (κ3) is 48.9. The molecule has 0 aliphatic carbocycles. The molecular weight excluding hydrogens is 759 g/mol. The van der Waals surface area contributed by atoms with Crippen molar-refractivity contribution in [2.45, 2.75) is 283 Å². The van der Waals surface area contributed by atoms with Crippen LogP contribution in [0, 0.1) is 0 Å². The SMILES string of the molecule is CC/C=C\C/C=C\C/C=C\C/C=C\C/C=C\C/C=C\CCCCCCCCCCCCCCC(=O)NC(CO)C(O)CCCCCCCCCCCCCCCCCCCCC. The Morgan fingerprint density at radius 2 is 0.710 bits per heavy atom. The molecule has 0 saturated carbocycles. The van der Waals surface area contributed by atoms with Crippen molar-refractivity contribution in [2.75, 3.05) is 6.61 Å². The van der Waals surface area contributed by atoms with Gasteiger partial charge in [-0.3, -0.25) is 4.79 Å². The summed E-state index contributed by atoms with van der Waals surface area (Å²) in [5, 5.41) is 23.3. The van der Waals surface area contributed by atoms with Crippen LogP contribution in [0.1, 0.15) is 271 Å². The third-order valence-electron chi connectivity index (χ3n) is 12.2. The van der Waals surface area contributed by atoms with E-state index in [2.05, 4.69) is 92.1 Å². The number of hydrogen-bond acceptors (Lipinski definition) is 3. The van der Waals surface area contributed by atoms with Crippen LogP contribution in [0.15, 0.2) is 72.9 Å². The van der Waals surface area contributed by atoms with E-state index in [1.165, 1.54) is 180 Å². The molecule has 0 aromatic carbocycles. The lowest BCUT2D eigenvalue weighted by Gasteiger charge is -2.22. The fourth-order valence-corrected chi connectivity index (χ4v) is 8.13. The lowest BCUT2D eigenvalue weighted by molar-refractivity contribution is -0.123. The summed E-state index contributed by atoms with van der Waals surface area (Å²) in [5.41, 5.74) is 0. The average molecular weight is 864 g/mol. The minimum atomic E-state index is -0.664. The highest BCUT2D eigenvalue weighted by molar-refractivity contribution is 5.76. The third-order valence-corrected chi connectivity index (χ3v) is 12.2. The number of amides is 1. The number of aliphatic hydroxyl groups is 2. The summed E-state index contributed by atoms with van der Waals surface area (Å²) in [5.74, 6) is -0.0337. The summed E-state index contributed by atoms with van der Waals surface area (Å²) in [7, 11) is 0. The molecular formula is C58H105NO3. The molecule has 0 aliphatic rings. The van der Waals surface area contributed by atoms with E-state index in [1.807, 2.05) is 0 Å². The quantitative estimate of drug-likeness (QED) is 0.0421. The molecule has 1 amide bonds. The number of carbonyl (C=O) groups excluding carboxylic acids is 1.